The largest absolute Gasteiger partial charge is 0.494 e. The fourth-order valence-corrected chi connectivity index (χ4v) is 4.68. The molecule has 1 aliphatic rings. The van der Waals surface area contributed by atoms with Crippen LogP contribution in [0, 0.1) is 11.7 Å². The molecule has 150 valence electrons. The summed E-state index contributed by atoms with van der Waals surface area (Å²) in [6.07, 6.45) is 2.10. The first-order chi connectivity index (χ1) is 13.5. The Labute approximate surface area is 168 Å². The van der Waals surface area contributed by atoms with E-state index in [1.807, 2.05) is 19.9 Å². The highest BCUT2D eigenvalue weighted by Gasteiger charge is 2.28. The van der Waals surface area contributed by atoms with Crippen LogP contribution >= 0.6 is 11.3 Å². The molecule has 1 aromatic heterocycles. The average Bonchev–Trinajstić information content (AvgIpc) is 3.12. The van der Waals surface area contributed by atoms with Crippen LogP contribution in [0.1, 0.15) is 40.4 Å². The van der Waals surface area contributed by atoms with Crippen molar-refractivity contribution in [3.05, 3.63) is 45.4 Å². The molecule has 0 saturated heterocycles. The summed E-state index contributed by atoms with van der Waals surface area (Å²) in [4.78, 5) is 29.0. The second-order valence-corrected chi connectivity index (χ2v) is 7.95. The summed E-state index contributed by atoms with van der Waals surface area (Å²) in [7, 11) is 1.40. The Morgan fingerprint density at radius 3 is 2.68 bits per heavy atom. The van der Waals surface area contributed by atoms with Crippen LogP contribution < -0.4 is 10.1 Å². The van der Waals surface area contributed by atoms with E-state index in [2.05, 4.69) is 5.32 Å². The first-order valence-corrected chi connectivity index (χ1v) is 10.3. The number of fused-ring (bicyclic) bond motifs is 1. The lowest BCUT2D eigenvalue weighted by Crippen LogP contribution is -2.29. The molecule has 7 heteroatoms. The Bertz CT molecular complexity index is 877. The molecule has 1 N–H and O–H groups in total. The predicted octanol–water partition coefficient (Wildman–Crippen LogP) is 4.12. The van der Waals surface area contributed by atoms with Crippen LogP contribution in [0.25, 0.3) is 0 Å². The third kappa shape index (κ3) is 4.19. The third-order valence-electron chi connectivity index (χ3n) is 5.13. The lowest BCUT2D eigenvalue weighted by Gasteiger charge is -2.21. The molecule has 0 spiro atoms. The SMILES string of the molecule is CCN(CC)C(=O)c1cc2c(s1)CC[C@@H](C(=O)Nc1ccc(OC)c(F)c1)C2. The van der Waals surface area contributed by atoms with Gasteiger partial charge in [-0.3, -0.25) is 9.59 Å². The molecule has 0 bridgehead atoms. The lowest BCUT2D eigenvalue weighted by atomic mass is 9.87. The van der Waals surface area contributed by atoms with Gasteiger partial charge in [0, 0.05) is 35.6 Å². The van der Waals surface area contributed by atoms with Gasteiger partial charge in [-0.15, -0.1) is 11.3 Å². The minimum absolute atomic E-state index is 0.0547. The first-order valence-electron chi connectivity index (χ1n) is 9.52. The smallest absolute Gasteiger partial charge is 0.263 e. The zero-order valence-electron chi connectivity index (χ0n) is 16.4. The Kier molecular flexibility index (Phi) is 6.34. The van der Waals surface area contributed by atoms with Crippen molar-refractivity contribution in [2.45, 2.75) is 33.1 Å². The standard InChI is InChI=1S/C21H25FN2O3S/c1-4-24(5-2)21(26)19-11-14-10-13(6-9-18(14)28-19)20(25)23-15-7-8-17(27-3)16(22)12-15/h7-8,11-13H,4-6,9-10H2,1-3H3,(H,23,25)/t13-/m1/s1. The zero-order valence-corrected chi connectivity index (χ0v) is 17.2. The summed E-state index contributed by atoms with van der Waals surface area (Å²) in [5, 5.41) is 2.79. The molecule has 0 aliphatic heterocycles. The maximum absolute atomic E-state index is 13.8. The molecule has 1 aliphatic carbocycles. The summed E-state index contributed by atoms with van der Waals surface area (Å²) >= 11 is 1.54. The monoisotopic (exact) mass is 404 g/mol. The molecule has 0 unspecified atom stereocenters. The maximum Gasteiger partial charge on any atom is 0.263 e. The molecular weight excluding hydrogens is 379 g/mol. The summed E-state index contributed by atoms with van der Waals surface area (Å²) in [6.45, 7) is 5.30. The fourth-order valence-electron chi connectivity index (χ4n) is 3.51. The highest BCUT2D eigenvalue weighted by molar-refractivity contribution is 7.14. The van der Waals surface area contributed by atoms with Crippen LogP contribution in [-0.2, 0) is 17.6 Å². The van der Waals surface area contributed by atoms with Gasteiger partial charge in [-0.25, -0.2) is 4.39 Å². The summed E-state index contributed by atoms with van der Waals surface area (Å²) < 4.78 is 18.7. The van der Waals surface area contributed by atoms with Gasteiger partial charge in [0.05, 0.1) is 12.0 Å². The number of hydrogen-bond acceptors (Lipinski definition) is 4. The zero-order chi connectivity index (χ0) is 20.3. The minimum atomic E-state index is -0.511. The number of ether oxygens (including phenoxy) is 1. The molecule has 28 heavy (non-hydrogen) atoms. The number of halogens is 1. The molecule has 2 aromatic rings. The number of nitrogens with zero attached hydrogens (tertiary/aromatic N) is 1. The van der Waals surface area contributed by atoms with E-state index >= 15 is 0 Å². The molecule has 1 atom stereocenters. The summed E-state index contributed by atoms with van der Waals surface area (Å²) in [5.74, 6) is -0.631. The molecule has 0 fully saturated rings. The average molecular weight is 405 g/mol. The maximum atomic E-state index is 13.8. The van der Waals surface area contributed by atoms with Crippen LogP contribution in [-0.4, -0.2) is 36.9 Å². The van der Waals surface area contributed by atoms with E-state index in [0.717, 1.165) is 23.3 Å². The van der Waals surface area contributed by atoms with E-state index in [1.165, 1.54) is 35.5 Å². The Hall–Kier alpha value is -2.41. The van der Waals surface area contributed by atoms with Gasteiger partial charge in [0.15, 0.2) is 11.6 Å². The fraction of sp³-hybridized carbons (Fsp3) is 0.429. The second-order valence-electron chi connectivity index (χ2n) is 6.81. The number of aryl methyl sites for hydroxylation is 1. The van der Waals surface area contributed by atoms with Crippen molar-refractivity contribution in [3.63, 3.8) is 0 Å². The van der Waals surface area contributed by atoms with Crippen molar-refractivity contribution in [2.75, 3.05) is 25.5 Å². The van der Waals surface area contributed by atoms with Gasteiger partial charge >= 0.3 is 0 Å². The van der Waals surface area contributed by atoms with Gasteiger partial charge < -0.3 is 15.0 Å². The number of carbonyl (C=O) groups excluding carboxylic acids is 2. The van der Waals surface area contributed by atoms with Crippen LogP contribution in [0.5, 0.6) is 5.75 Å². The van der Waals surface area contributed by atoms with E-state index in [1.54, 1.807) is 11.0 Å². The quantitative estimate of drug-likeness (QED) is 0.788. The van der Waals surface area contributed by atoms with Gasteiger partial charge in [-0.2, -0.15) is 0 Å². The third-order valence-corrected chi connectivity index (χ3v) is 6.36. The van der Waals surface area contributed by atoms with Crippen LogP contribution in [0.15, 0.2) is 24.3 Å². The Morgan fingerprint density at radius 2 is 2.04 bits per heavy atom. The van der Waals surface area contributed by atoms with Crippen LogP contribution in [0.4, 0.5) is 10.1 Å². The first kappa shape index (κ1) is 20.3. The van der Waals surface area contributed by atoms with Crippen molar-refractivity contribution in [3.8, 4) is 5.75 Å². The van der Waals surface area contributed by atoms with Crippen molar-refractivity contribution in [1.29, 1.82) is 0 Å². The van der Waals surface area contributed by atoms with Crippen molar-refractivity contribution in [1.82, 2.24) is 4.90 Å². The van der Waals surface area contributed by atoms with E-state index < -0.39 is 5.82 Å². The van der Waals surface area contributed by atoms with Gasteiger partial charge in [0.1, 0.15) is 0 Å². The number of benzene rings is 1. The number of thiophene rings is 1. The van der Waals surface area contributed by atoms with Crippen LogP contribution in [0.3, 0.4) is 0 Å². The number of hydrogen-bond donors (Lipinski definition) is 1. The summed E-state index contributed by atoms with van der Waals surface area (Å²) in [5.41, 5.74) is 1.49. The molecule has 1 heterocycles. The predicted molar refractivity (Wildman–Crippen MR) is 109 cm³/mol. The van der Waals surface area contributed by atoms with Gasteiger partial charge in [-0.1, -0.05) is 0 Å². The number of anilines is 1. The van der Waals surface area contributed by atoms with Gasteiger partial charge in [0.25, 0.3) is 5.91 Å². The van der Waals surface area contributed by atoms with Crippen molar-refractivity contribution in [2.24, 2.45) is 5.92 Å². The molecular formula is C21H25FN2O3S. The molecule has 3 rings (SSSR count). The second kappa shape index (κ2) is 8.73. The Balaban J connectivity index is 1.68. The number of methoxy groups -OCH3 is 1. The summed E-state index contributed by atoms with van der Waals surface area (Å²) in [6, 6.07) is 6.32. The van der Waals surface area contributed by atoms with Gasteiger partial charge in [0.2, 0.25) is 5.91 Å². The number of nitrogens with one attached hydrogen (secondary N) is 1. The highest BCUT2D eigenvalue weighted by Crippen LogP contribution is 2.33. The molecule has 1 aromatic carbocycles. The number of amides is 2. The molecule has 5 nitrogen and oxygen atoms in total. The van der Waals surface area contributed by atoms with E-state index in [-0.39, 0.29) is 23.5 Å². The lowest BCUT2D eigenvalue weighted by molar-refractivity contribution is -0.120. The normalized spacial score (nSPS) is 15.6. The van der Waals surface area contributed by atoms with Gasteiger partial charge in [-0.05, 0) is 56.9 Å². The van der Waals surface area contributed by atoms with E-state index in [0.29, 0.717) is 25.2 Å². The van der Waals surface area contributed by atoms with Crippen molar-refractivity contribution >= 4 is 28.8 Å². The highest BCUT2D eigenvalue weighted by atomic mass is 32.1. The van der Waals surface area contributed by atoms with Crippen molar-refractivity contribution < 1.29 is 18.7 Å². The molecule has 0 radical (unpaired) electrons. The molecule has 2 amide bonds. The minimum Gasteiger partial charge on any atom is -0.494 e. The topological polar surface area (TPSA) is 58.6 Å². The molecule has 0 saturated carbocycles. The Morgan fingerprint density at radius 1 is 1.29 bits per heavy atom. The number of rotatable bonds is 6. The van der Waals surface area contributed by atoms with E-state index in [9.17, 15) is 14.0 Å². The number of carbonyl (C=O) groups is 2. The van der Waals surface area contributed by atoms with E-state index in [4.69, 9.17) is 4.74 Å². The van der Waals surface area contributed by atoms with Crippen LogP contribution in [0.2, 0.25) is 0 Å².